The predicted octanol–water partition coefficient (Wildman–Crippen LogP) is 6.80. The summed E-state index contributed by atoms with van der Waals surface area (Å²) < 4.78 is 1.94. The van der Waals surface area contributed by atoms with Crippen molar-refractivity contribution in [1.82, 2.24) is 49.6 Å². The van der Waals surface area contributed by atoms with E-state index >= 15 is 0 Å². The zero-order valence-electron chi connectivity index (χ0n) is 68.5. The first kappa shape index (κ1) is 104. The molecule has 0 atom stereocenters. The number of carboxylic acids is 3. The van der Waals surface area contributed by atoms with Crippen LogP contribution in [0.3, 0.4) is 0 Å². The first-order valence-electron chi connectivity index (χ1n) is 35.5. The van der Waals surface area contributed by atoms with Crippen molar-refractivity contribution in [2.75, 3.05) is 116 Å². The van der Waals surface area contributed by atoms with Gasteiger partial charge in [0.25, 0.3) is 0 Å². The molecule has 106 heavy (non-hydrogen) atoms. The van der Waals surface area contributed by atoms with Crippen molar-refractivity contribution in [3.8, 4) is 0 Å². The molecule has 0 bridgehead atoms. The standard InChI is InChI=1S/C20H29N3O2.C12H20N2O.C11H18N2O.C10H16N2O.C10H18N2.2C8H11NO2.CH3I.Al.HI.Li.4H/c1-14-11-17(8-9-20(24)25)22-18(14)13-19-16(12-15(2)21-19)7-6-10-23(3,4)5;1-10-8-11(12(9-15)13-10)6-5-7-14(2,3)4;1-9-7-10(11(8-14)12-9)5-4-6-13(2)3;1-8-6-9(7-11-8)4-5-10(13)12(2)3;1-9-7-10(8-11-9)5-4-6-12(2)3;1-6-4-7(5-9-6)2-3-8(10)11;1-6-4-7(9-5-6)2-3-8(10)11;1-2;;;;;;;/h11-13H,6-10H2,1-5H3,(H-,21,22,24,25);8-9H,5-7H2,1-4H3;7-8,12H,4-6H2,1-3H3;6-7,11H,4-5H2,1-3H3;7-8,11H,4-6H2,1-3H3;2*4-5,9H,2-3H2,1H3,(H,10,11);1H3;;1H;;;;;/q;;;;;;;;;;+1;;;;-1/p+1. The van der Waals surface area contributed by atoms with Crippen LogP contribution >= 0.6 is 22.6 Å². The van der Waals surface area contributed by atoms with Gasteiger partial charge in [-0.2, -0.15) is 0 Å². The zero-order chi connectivity index (χ0) is 78.0. The summed E-state index contributed by atoms with van der Waals surface area (Å²) >= 11 is 2.15. The van der Waals surface area contributed by atoms with Crippen LogP contribution in [0.2, 0.25) is 0 Å². The number of quaternary nitrogens is 2. The average Bonchev–Trinajstić information content (AvgIpc) is 1.69. The van der Waals surface area contributed by atoms with Gasteiger partial charge in [0, 0.05) is 122 Å². The normalized spacial score (nSPS) is 11.5. The predicted molar refractivity (Wildman–Crippen MR) is 442 cm³/mol. The third-order valence-electron chi connectivity index (χ3n) is 16.0. The van der Waals surface area contributed by atoms with Crippen molar-refractivity contribution >= 4 is 88.1 Å². The smallest absolute Gasteiger partial charge is 1.00 e. The van der Waals surface area contributed by atoms with Gasteiger partial charge in [-0.15, -0.1) is 0 Å². The van der Waals surface area contributed by atoms with Crippen molar-refractivity contribution in [2.24, 2.45) is 4.99 Å². The van der Waals surface area contributed by atoms with Crippen LogP contribution in [0.15, 0.2) is 89.6 Å². The van der Waals surface area contributed by atoms with Gasteiger partial charge in [0.2, 0.25) is 5.91 Å². The van der Waals surface area contributed by atoms with Crippen molar-refractivity contribution < 1.29 is 97.3 Å². The van der Waals surface area contributed by atoms with Crippen LogP contribution in [0.5, 0.6) is 0 Å². The van der Waals surface area contributed by atoms with Crippen LogP contribution in [0.25, 0.3) is 6.08 Å². The van der Waals surface area contributed by atoms with E-state index in [-0.39, 0.29) is 86.8 Å². The van der Waals surface area contributed by atoms with E-state index in [9.17, 15) is 28.8 Å². The number of carbonyl (C=O) groups is 6. The Morgan fingerprint density at radius 1 is 0.481 bits per heavy atom. The number of halogens is 2. The Kier molecular flexibility index (Phi) is 55.0. The van der Waals surface area contributed by atoms with Crippen LogP contribution in [0, 0.1) is 48.5 Å². The Balaban J connectivity index is -0.000000584. The number of hydrogen-bond acceptors (Lipinski definition) is 9. The molecule has 22 nitrogen and oxygen atoms in total. The molecule has 8 heterocycles. The Hall–Kier alpha value is -6.24. The average molecular weight is 1710 g/mol. The number of nitrogens with zero attached hydrogens (tertiary/aromatic N) is 6. The molecule has 1 aliphatic rings. The van der Waals surface area contributed by atoms with Crippen LogP contribution in [0.1, 0.15) is 172 Å². The monoisotopic (exact) mass is 1710 g/mol. The third-order valence-corrected chi connectivity index (χ3v) is 16.0. The molecule has 26 heteroatoms. The molecule has 588 valence electrons. The number of carboxylic acid groups (broad SMARTS) is 3. The number of aliphatic carboxylic acids is 3. The molecule has 7 aromatic heterocycles. The summed E-state index contributed by atoms with van der Waals surface area (Å²) in [6.07, 6.45) is 26.0. The molecule has 10 N–H and O–H groups in total. The van der Waals surface area contributed by atoms with E-state index in [1.165, 1.54) is 41.8 Å². The topological polar surface area (TPSA) is 296 Å². The maximum absolute atomic E-state index is 11.2. The van der Waals surface area contributed by atoms with Gasteiger partial charge in [-0.1, -0.05) is 22.6 Å². The van der Waals surface area contributed by atoms with Crippen LogP contribution in [0.4, 0.5) is 0 Å². The van der Waals surface area contributed by atoms with E-state index in [4.69, 9.17) is 15.3 Å². The zero-order valence-corrected chi connectivity index (χ0v) is 71.8. The van der Waals surface area contributed by atoms with Gasteiger partial charge < -0.3 is 99.3 Å². The number of aromatic amines is 7. The number of aliphatic imine (C=N–C) groups is 1. The molecule has 8 rings (SSSR count). The van der Waals surface area contributed by atoms with Crippen molar-refractivity contribution in [1.29, 1.82) is 0 Å². The second-order valence-corrected chi connectivity index (χ2v) is 29.2. The van der Waals surface area contributed by atoms with Crippen molar-refractivity contribution in [2.45, 2.75) is 158 Å². The Morgan fingerprint density at radius 3 is 1.21 bits per heavy atom. The van der Waals surface area contributed by atoms with E-state index < -0.39 is 17.9 Å². The van der Waals surface area contributed by atoms with Crippen LogP contribution in [-0.4, -0.2) is 249 Å². The summed E-state index contributed by atoms with van der Waals surface area (Å²) in [5.41, 5.74) is 21.7. The molecule has 1 amide bonds. The molecule has 7 aromatic rings. The summed E-state index contributed by atoms with van der Waals surface area (Å²) in [6.45, 7) is 20.6. The summed E-state index contributed by atoms with van der Waals surface area (Å²) in [5.74, 6) is -2.11. The molecule has 0 saturated heterocycles. The quantitative estimate of drug-likeness (QED) is 0.00709. The first-order chi connectivity index (χ1) is 48.3. The second-order valence-electron chi connectivity index (χ2n) is 29.2. The van der Waals surface area contributed by atoms with Gasteiger partial charge in [-0.3, -0.25) is 33.8 Å². The summed E-state index contributed by atoms with van der Waals surface area (Å²) in [6, 6.07) is 14.5. The second kappa shape index (κ2) is 56.1. The number of amides is 1. The fraction of sp³-hybridized carbons (Fsp3) is 0.512. The van der Waals surface area contributed by atoms with E-state index in [0.717, 1.165) is 177 Å². The first-order valence-corrected chi connectivity index (χ1v) is 37.6. The Bertz CT molecular complexity index is 3670. The minimum Gasteiger partial charge on any atom is -1.00 e. The third kappa shape index (κ3) is 49.7. The van der Waals surface area contributed by atoms with Crippen molar-refractivity contribution in [3.05, 3.63) is 180 Å². The minimum absolute atomic E-state index is 0. The number of nitrogens with one attached hydrogen (secondary N) is 7. The Morgan fingerprint density at radius 2 is 0.849 bits per heavy atom. The maximum atomic E-state index is 11.2. The molecule has 0 aliphatic carbocycles. The molecule has 1 aliphatic heterocycles. The van der Waals surface area contributed by atoms with Gasteiger partial charge in [-0.25, -0.2) is 0 Å². The summed E-state index contributed by atoms with van der Waals surface area (Å²) in [4.78, 5) is 98.2. The van der Waals surface area contributed by atoms with Crippen molar-refractivity contribution in [3.63, 3.8) is 0 Å². The number of carbonyl (C=O) groups excluding carboxylic acids is 3. The summed E-state index contributed by atoms with van der Waals surface area (Å²) in [7, 11) is 25.1. The number of hydrogen-bond donors (Lipinski definition) is 10. The molecular formula is C80H132AlI2LiN13O9+. The molecule has 0 spiro atoms. The fourth-order valence-corrected chi connectivity index (χ4v) is 10.7. The van der Waals surface area contributed by atoms with E-state index in [1.807, 2.05) is 83.3 Å². The SMILES string of the molecule is CC1=CC(CCC(=O)O)=N/C1=C\c1[nH]c(C)cc1CCC[N+](C)(C)C.CI.Cc1c[nH]c(CCC(=O)O)c1.Cc1cc(CCC(=O)N(C)C)c[nH]1.Cc1cc(CCC(=O)O)c[nH]1.Cc1cc(CCCN(C)C)c(C=O)[nH]1.Cc1cc(CCCN(C)C)c[nH]1.Cc1cc(CCC[N+](C)(C)C)c(C=O)[nH]1.[AlH3].[H-].[I-].[Li+]. The van der Waals surface area contributed by atoms with Gasteiger partial charge in [-0.05, 0) is 259 Å². The van der Waals surface area contributed by atoms with Gasteiger partial charge in [0.05, 0.1) is 85.3 Å². The van der Waals surface area contributed by atoms with Crippen LogP contribution < -0.4 is 42.8 Å². The number of H-pyrrole nitrogens is 7. The van der Waals surface area contributed by atoms with E-state index in [1.54, 1.807) is 19.0 Å². The largest absolute Gasteiger partial charge is 1.00 e. The fourth-order valence-electron chi connectivity index (χ4n) is 10.7. The minimum atomic E-state index is -0.786. The molecule has 0 aromatic carbocycles. The Labute approximate surface area is 688 Å². The van der Waals surface area contributed by atoms with Gasteiger partial charge in [0.1, 0.15) is 0 Å². The molecular weight excluding hydrogens is 1570 g/mol. The number of allylic oxidation sites excluding steroid dienone is 2. The summed E-state index contributed by atoms with van der Waals surface area (Å²) in [5, 5.41) is 25.6. The maximum Gasteiger partial charge on any atom is 1.00 e. The van der Waals surface area contributed by atoms with E-state index in [2.05, 4.69) is 199 Å². The number of aryl methyl sites for hydroxylation is 14. The van der Waals surface area contributed by atoms with E-state index in [0.29, 0.717) is 25.7 Å². The van der Waals surface area contributed by atoms with Crippen LogP contribution in [-0.2, 0) is 64.1 Å². The molecule has 0 unspecified atom stereocenters. The van der Waals surface area contributed by atoms with Gasteiger partial charge >= 0.3 is 36.8 Å². The number of aldehydes is 2. The molecule has 0 saturated carbocycles. The number of aromatic nitrogens is 7. The molecule has 0 radical (unpaired) electrons. The van der Waals surface area contributed by atoms with Gasteiger partial charge in [0.15, 0.2) is 29.9 Å². The molecule has 0 fully saturated rings. The number of alkyl halides is 1. The number of rotatable bonds is 31.